The molecule has 1 aromatic heterocycles. The van der Waals surface area contributed by atoms with Gasteiger partial charge in [-0.15, -0.1) is 15.6 Å². The van der Waals surface area contributed by atoms with Crippen LogP contribution in [-0.2, 0) is 38.6 Å². The second kappa shape index (κ2) is 10.6. The van der Waals surface area contributed by atoms with E-state index in [4.69, 9.17) is 24.6 Å². The number of aromatic nitrogens is 1. The maximum atomic E-state index is 13.2. The number of β-lactam (4-membered cyclic amide) rings is 1. The van der Waals surface area contributed by atoms with E-state index in [-0.39, 0.29) is 29.8 Å². The topological polar surface area (TPSA) is 180 Å². The summed E-state index contributed by atoms with van der Waals surface area (Å²) in [4.78, 5) is 35.3. The molecule has 13 nitrogen and oxygen atoms in total. The Bertz CT molecular complexity index is 1040. The fraction of sp³-hybridized carbons (Fsp3) is 0.684. The number of anilines is 1. The highest BCUT2D eigenvalue weighted by Crippen LogP contribution is 2.40. The van der Waals surface area contributed by atoms with E-state index in [0.717, 1.165) is 11.3 Å². The molecular formula is C19H30N4O9S2. The van der Waals surface area contributed by atoms with Crippen molar-refractivity contribution in [1.82, 2.24) is 10.0 Å². The van der Waals surface area contributed by atoms with Gasteiger partial charge in [0.2, 0.25) is 0 Å². The molecule has 1 fully saturated rings. The molecule has 1 aliphatic rings. The SMILES string of the molecule is CCOCOC(C)C(C)(C)O/N=C(\C(=O)C[C@@H]1C(=O)N(OS(=O)(=O)O)C1(C)C)c1csc(N)n1. The van der Waals surface area contributed by atoms with E-state index in [1.54, 1.807) is 20.8 Å². The lowest BCUT2D eigenvalue weighted by Crippen LogP contribution is -2.68. The predicted molar refractivity (Wildman–Crippen MR) is 122 cm³/mol. The van der Waals surface area contributed by atoms with E-state index >= 15 is 0 Å². The van der Waals surface area contributed by atoms with Crippen LogP contribution in [0.2, 0.25) is 0 Å². The molecule has 2 heterocycles. The number of nitrogens with two attached hydrogens (primary N) is 1. The van der Waals surface area contributed by atoms with Crippen LogP contribution in [0.3, 0.4) is 0 Å². The molecule has 0 aromatic carbocycles. The first kappa shape index (κ1) is 28.1. The van der Waals surface area contributed by atoms with Crippen molar-refractivity contribution in [2.45, 2.75) is 65.2 Å². The number of ether oxygens (including phenoxy) is 2. The Morgan fingerprint density at radius 1 is 1.44 bits per heavy atom. The van der Waals surface area contributed by atoms with Gasteiger partial charge in [0, 0.05) is 18.4 Å². The summed E-state index contributed by atoms with van der Waals surface area (Å²) in [5.41, 5.74) is 3.56. The predicted octanol–water partition coefficient (Wildman–Crippen LogP) is 1.55. The molecule has 34 heavy (non-hydrogen) atoms. The van der Waals surface area contributed by atoms with Crippen LogP contribution < -0.4 is 5.73 Å². The van der Waals surface area contributed by atoms with Crippen molar-refractivity contribution in [1.29, 1.82) is 0 Å². The summed E-state index contributed by atoms with van der Waals surface area (Å²) >= 11 is 1.10. The van der Waals surface area contributed by atoms with Crippen LogP contribution in [0, 0.1) is 5.92 Å². The van der Waals surface area contributed by atoms with E-state index < -0.39 is 45.3 Å². The zero-order valence-corrected chi connectivity index (χ0v) is 21.4. The molecule has 0 bridgehead atoms. The highest BCUT2D eigenvalue weighted by molar-refractivity contribution is 7.80. The number of hydrogen-bond acceptors (Lipinski definition) is 12. The van der Waals surface area contributed by atoms with Gasteiger partial charge in [0.05, 0.1) is 17.6 Å². The lowest BCUT2D eigenvalue weighted by molar-refractivity contribution is -0.228. The molecule has 0 aliphatic carbocycles. The second-order valence-corrected chi connectivity index (χ2v) is 10.5. The van der Waals surface area contributed by atoms with Crippen LogP contribution >= 0.6 is 11.3 Å². The molecule has 1 aliphatic heterocycles. The van der Waals surface area contributed by atoms with E-state index in [0.29, 0.717) is 11.7 Å². The van der Waals surface area contributed by atoms with Crippen molar-refractivity contribution < 1.29 is 41.2 Å². The van der Waals surface area contributed by atoms with E-state index in [9.17, 15) is 18.0 Å². The molecule has 1 amide bonds. The summed E-state index contributed by atoms with van der Waals surface area (Å²) in [6.45, 7) is 10.6. The first-order valence-electron chi connectivity index (χ1n) is 10.3. The molecule has 0 radical (unpaired) electrons. The van der Waals surface area contributed by atoms with Crippen LogP contribution in [0.5, 0.6) is 0 Å². The largest absolute Gasteiger partial charge is 0.418 e. The number of carbonyl (C=O) groups is 2. The Labute approximate surface area is 202 Å². The highest BCUT2D eigenvalue weighted by atomic mass is 32.3. The number of hydrogen-bond donors (Lipinski definition) is 2. The molecule has 3 N–H and O–H groups in total. The Kier molecular flexibility index (Phi) is 8.77. The third-order valence-corrected chi connectivity index (χ3v) is 6.43. The highest BCUT2D eigenvalue weighted by Gasteiger charge is 2.57. The van der Waals surface area contributed by atoms with Gasteiger partial charge in [-0.05, 0) is 41.5 Å². The molecule has 1 saturated heterocycles. The van der Waals surface area contributed by atoms with Crippen LogP contribution in [-0.4, -0.2) is 71.1 Å². The summed E-state index contributed by atoms with van der Waals surface area (Å²) in [6, 6.07) is 0. The molecule has 1 aromatic rings. The minimum atomic E-state index is -4.91. The molecule has 192 valence electrons. The van der Waals surface area contributed by atoms with Crippen molar-refractivity contribution >= 4 is 44.3 Å². The van der Waals surface area contributed by atoms with Crippen molar-refractivity contribution in [3.05, 3.63) is 11.1 Å². The van der Waals surface area contributed by atoms with Crippen LogP contribution in [0.1, 0.15) is 53.7 Å². The normalized spacial score (nSPS) is 19.6. The third kappa shape index (κ3) is 6.70. The monoisotopic (exact) mass is 522 g/mol. The van der Waals surface area contributed by atoms with Gasteiger partial charge in [0.1, 0.15) is 12.5 Å². The standard InChI is InChI=1S/C19H30N4O9S2/c1-7-29-10-30-11(2)19(5,6)31-22-15(13-9-33-17(20)21-13)14(24)8-12-16(25)23(18(12,3)4)32-34(26,27)28/h9,11-12H,7-8,10H2,1-6H3,(H2,20,21)(H,26,27,28)/b22-15-/t11?,12-/m1/s1. The smallest absolute Gasteiger partial charge is 0.386 e. The second-order valence-electron chi connectivity index (χ2n) is 8.59. The van der Waals surface area contributed by atoms with Gasteiger partial charge in [-0.1, -0.05) is 5.16 Å². The first-order chi connectivity index (χ1) is 15.6. The van der Waals surface area contributed by atoms with Gasteiger partial charge in [-0.2, -0.15) is 13.5 Å². The lowest BCUT2D eigenvalue weighted by Gasteiger charge is -2.50. The number of thiazole rings is 1. The van der Waals surface area contributed by atoms with Crippen LogP contribution in [0.4, 0.5) is 5.13 Å². The number of nitrogen functional groups attached to an aromatic ring is 1. The summed E-state index contributed by atoms with van der Waals surface area (Å²) in [5, 5.41) is 6.27. The fourth-order valence-corrected chi connectivity index (χ4v) is 3.96. The molecule has 2 rings (SSSR count). The summed E-state index contributed by atoms with van der Waals surface area (Å²) < 4.78 is 46.0. The van der Waals surface area contributed by atoms with Crippen molar-refractivity contribution in [2.24, 2.45) is 11.1 Å². The number of ketones is 1. The Morgan fingerprint density at radius 2 is 2.09 bits per heavy atom. The molecule has 0 spiro atoms. The van der Waals surface area contributed by atoms with Gasteiger partial charge >= 0.3 is 10.4 Å². The quantitative estimate of drug-likeness (QED) is 0.0958. The lowest BCUT2D eigenvalue weighted by atomic mass is 9.74. The van der Waals surface area contributed by atoms with Gasteiger partial charge in [-0.25, -0.2) is 4.98 Å². The minimum absolute atomic E-state index is 0.0591. The fourth-order valence-electron chi connectivity index (χ4n) is 2.96. The zero-order valence-electron chi connectivity index (χ0n) is 19.8. The number of rotatable bonds is 13. The molecule has 15 heteroatoms. The molecular weight excluding hydrogens is 492 g/mol. The van der Waals surface area contributed by atoms with Crippen LogP contribution in [0.25, 0.3) is 0 Å². The number of oxime groups is 1. The minimum Gasteiger partial charge on any atom is -0.386 e. The summed E-state index contributed by atoms with van der Waals surface area (Å²) in [7, 11) is -4.91. The van der Waals surface area contributed by atoms with Crippen LogP contribution in [0.15, 0.2) is 10.5 Å². The van der Waals surface area contributed by atoms with Gasteiger partial charge in [0.25, 0.3) is 5.91 Å². The zero-order chi connectivity index (χ0) is 25.9. The van der Waals surface area contributed by atoms with Gasteiger partial charge < -0.3 is 20.0 Å². The Hall–Kier alpha value is -2.17. The number of Topliss-reactive ketones (excluding diaryl/α,β-unsaturated/α-hetero) is 1. The molecule has 2 atom stereocenters. The van der Waals surface area contributed by atoms with E-state index in [2.05, 4.69) is 14.4 Å². The average Bonchev–Trinajstić information content (AvgIpc) is 3.15. The number of amides is 1. The number of hydroxylamine groups is 2. The first-order valence-corrected chi connectivity index (χ1v) is 12.6. The van der Waals surface area contributed by atoms with Gasteiger partial charge in [0.15, 0.2) is 22.2 Å². The van der Waals surface area contributed by atoms with Crippen molar-refractivity contribution in [3.63, 3.8) is 0 Å². The van der Waals surface area contributed by atoms with E-state index in [1.807, 2.05) is 6.92 Å². The maximum absolute atomic E-state index is 13.2. The Balaban J connectivity index is 2.22. The van der Waals surface area contributed by atoms with E-state index in [1.165, 1.54) is 19.2 Å². The maximum Gasteiger partial charge on any atom is 0.418 e. The summed E-state index contributed by atoms with van der Waals surface area (Å²) in [6.07, 6.45) is -0.800. The molecule has 1 unspecified atom stereocenters. The van der Waals surface area contributed by atoms with Crippen molar-refractivity contribution in [3.8, 4) is 0 Å². The average molecular weight is 523 g/mol. The van der Waals surface area contributed by atoms with Crippen molar-refractivity contribution in [2.75, 3.05) is 19.1 Å². The Morgan fingerprint density at radius 3 is 2.59 bits per heavy atom. The number of carbonyl (C=O) groups excluding carboxylic acids is 2. The summed E-state index contributed by atoms with van der Waals surface area (Å²) in [5.74, 6) is -2.31. The molecule has 0 saturated carbocycles. The third-order valence-electron chi connectivity index (χ3n) is 5.42. The van der Waals surface area contributed by atoms with Gasteiger partial charge in [-0.3, -0.25) is 14.1 Å². The number of nitrogens with zero attached hydrogens (tertiary/aromatic N) is 3.